The third-order valence-corrected chi connectivity index (χ3v) is 4.59. The lowest BCUT2D eigenvalue weighted by molar-refractivity contribution is -0.0835. The van der Waals surface area contributed by atoms with E-state index in [0.29, 0.717) is 12.5 Å². The summed E-state index contributed by atoms with van der Waals surface area (Å²) in [6.45, 7) is 14.9. The molecule has 0 bridgehead atoms. The van der Waals surface area contributed by atoms with E-state index in [1.54, 1.807) is 6.33 Å². The van der Waals surface area contributed by atoms with Gasteiger partial charge in [0.2, 0.25) is 0 Å². The van der Waals surface area contributed by atoms with Crippen molar-refractivity contribution in [3.05, 3.63) is 12.2 Å². The Balaban J connectivity index is 0.00000338. The van der Waals surface area contributed by atoms with Crippen molar-refractivity contribution in [2.75, 3.05) is 19.7 Å². The number of aliphatic imine (C=N–C) groups is 1. The van der Waals surface area contributed by atoms with Gasteiger partial charge in [0.25, 0.3) is 0 Å². The van der Waals surface area contributed by atoms with Gasteiger partial charge in [0.1, 0.15) is 12.9 Å². The fourth-order valence-corrected chi connectivity index (χ4v) is 3.39. The number of hydrogen-bond acceptors (Lipinski definition) is 4. The van der Waals surface area contributed by atoms with E-state index in [4.69, 9.17) is 4.74 Å². The van der Waals surface area contributed by atoms with Gasteiger partial charge in [-0.2, -0.15) is 0 Å². The number of nitrogens with one attached hydrogen (secondary N) is 2. The van der Waals surface area contributed by atoms with E-state index in [-0.39, 0.29) is 35.5 Å². The average molecular weight is 478 g/mol. The van der Waals surface area contributed by atoms with Crippen molar-refractivity contribution in [3.63, 3.8) is 0 Å². The van der Waals surface area contributed by atoms with E-state index in [1.807, 2.05) is 4.57 Å². The van der Waals surface area contributed by atoms with Crippen molar-refractivity contribution in [2.45, 2.75) is 66.7 Å². The summed E-state index contributed by atoms with van der Waals surface area (Å²) < 4.78 is 8.09. The number of guanidine groups is 1. The molecule has 2 N–H and O–H groups in total. The summed E-state index contributed by atoms with van der Waals surface area (Å²) in [5.41, 5.74) is 0.153. The largest absolute Gasteiger partial charge is 0.377 e. The molecule has 0 aromatic carbocycles. The summed E-state index contributed by atoms with van der Waals surface area (Å²) in [6.07, 6.45) is 4.35. The van der Waals surface area contributed by atoms with Gasteiger partial charge in [-0.1, -0.05) is 20.8 Å². The van der Waals surface area contributed by atoms with Crippen LogP contribution in [0.4, 0.5) is 0 Å². The zero-order chi connectivity index (χ0) is 18.3. The summed E-state index contributed by atoms with van der Waals surface area (Å²) in [5, 5.41) is 14.9. The molecule has 0 saturated carbocycles. The first-order valence-electron chi connectivity index (χ1n) is 9.46. The molecule has 1 aliphatic heterocycles. The molecule has 0 spiro atoms. The Kier molecular flexibility index (Phi) is 9.84. The first kappa shape index (κ1) is 23.1. The quantitative estimate of drug-likeness (QED) is 0.374. The molecule has 2 heterocycles. The van der Waals surface area contributed by atoms with Crippen LogP contribution >= 0.6 is 24.0 Å². The van der Waals surface area contributed by atoms with E-state index in [0.717, 1.165) is 44.4 Å². The van der Waals surface area contributed by atoms with Gasteiger partial charge in [-0.05, 0) is 32.1 Å². The predicted octanol–water partition coefficient (Wildman–Crippen LogP) is 2.81. The first-order valence-corrected chi connectivity index (χ1v) is 9.46. The van der Waals surface area contributed by atoms with Crippen molar-refractivity contribution in [1.29, 1.82) is 0 Å². The fraction of sp³-hybridized carbons (Fsp3) is 0.833. The molecule has 1 aliphatic rings. The molecule has 1 aromatic heterocycles. The second kappa shape index (κ2) is 11.1. The van der Waals surface area contributed by atoms with Crippen molar-refractivity contribution >= 4 is 29.9 Å². The summed E-state index contributed by atoms with van der Waals surface area (Å²) in [4.78, 5) is 4.67. The third kappa shape index (κ3) is 6.68. The Labute approximate surface area is 174 Å². The van der Waals surface area contributed by atoms with Crippen LogP contribution in [-0.4, -0.2) is 46.5 Å². The lowest BCUT2D eigenvalue weighted by Gasteiger charge is -2.40. The van der Waals surface area contributed by atoms with Crippen LogP contribution in [0.15, 0.2) is 11.3 Å². The van der Waals surface area contributed by atoms with Crippen LogP contribution in [0.2, 0.25) is 0 Å². The van der Waals surface area contributed by atoms with Crippen LogP contribution in [0.3, 0.4) is 0 Å². The number of halogens is 1. The van der Waals surface area contributed by atoms with Gasteiger partial charge >= 0.3 is 0 Å². The Morgan fingerprint density at radius 3 is 2.77 bits per heavy atom. The SMILES string of the molecule is CCNC(=NCc1nncn1CC)NCC1CCCOC1C(C)(C)C.I. The monoisotopic (exact) mass is 478 g/mol. The van der Waals surface area contributed by atoms with E-state index >= 15 is 0 Å². The van der Waals surface area contributed by atoms with Crippen LogP contribution in [0, 0.1) is 11.3 Å². The third-order valence-electron chi connectivity index (χ3n) is 4.59. The maximum Gasteiger partial charge on any atom is 0.191 e. The van der Waals surface area contributed by atoms with Gasteiger partial charge in [0.15, 0.2) is 11.8 Å². The lowest BCUT2D eigenvalue weighted by atomic mass is 9.78. The maximum absolute atomic E-state index is 6.07. The molecule has 2 unspecified atom stereocenters. The standard InChI is InChI=1S/C18H34N6O.HI/c1-6-19-17(21-12-15-23-22-13-24(15)7-2)20-11-14-9-8-10-25-16(14)18(3,4)5;/h13-14,16H,6-12H2,1-5H3,(H2,19,20,21);1H. The molecular weight excluding hydrogens is 443 g/mol. The van der Waals surface area contributed by atoms with Crippen molar-refractivity contribution in [2.24, 2.45) is 16.3 Å². The Hall–Kier alpha value is -0.900. The number of hydrogen-bond donors (Lipinski definition) is 2. The van der Waals surface area contributed by atoms with Crippen molar-refractivity contribution < 1.29 is 4.74 Å². The van der Waals surface area contributed by atoms with Gasteiger partial charge in [0.05, 0.1) is 6.10 Å². The number of nitrogens with zero attached hydrogens (tertiary/aromatic N) is 4. The molecule has 0 aliphatic carbocycles. The van der Waals surface area contributed by atoms with Crippen LogP contribution in [-0.2, 0) is 17.8 Å². The molecule has 0 amide bonds. The van der Waals surface area contributed by atoms with Crippen molar-refractivity contribution in [3.8, 4) is 0 Å². The fourth-order valence-electron chi connectivity index (χ4n) is 3.39. The Morgan fingerprint density at radius 2 is 2.12 bits per heavy atom. The minimum absolute atomic E-state index is 0. The molecule has 1 saturated heterocycles. The highest BCUT2D eigenvalue weighted by Crippen LogP contribution is 2.33. The van der Waals surface area contributed by atoms with E-state index in [2.05, 4.69) is 60.4 Å². The van der Waals surface area contributed by atoms with Gasteiger partial charge in [-0.15, -0.1) is 34.2 Å². The van der Waals surface area contributed by atoms with Gasteiger partial charge in [-0.25, -0.2) is 4.99 Å². The zero-order valence-electron chi connectivity index (χ0n) is 16.8. The molecule has 0 radical (unpaired) electrons. The summed E-state index contributed by atoms with van der Waals surface area (Å²) in [5.74, 6) is 2.21. The molecule has 1 fully saturated rings. The molecule has 26 heavy (non-hydrogen) atoms. The lowest BCUT2D eigenvalue weighted by Crippen LogP contribution is -2.47. The highest BCUT2D eigenvalue weighted by molar-refractivity contribution is 14.0. The Bertz CT molecular complexity index is 554. The normalized spacial score (nSPS) is 21.2. The van der Waals surface area contributed by atoms with Gasteiger partial charge < -0.3 is 19.9 Å². The Morgan fingerprint density at radius 1 is 1.35 bits per heavy atom. The topological polar surface area (TPSA) is 76.4 Å². The predicted molar refractivity (Wildman–Crippen MR) is 116 cm³/mol. The number of aromatic nitrogens is 3. The molecule has 7 nitrogen and oxygen atoms in total. The van der Waals surface area contributed by atoms with Crippen LogP contribution in [0.5, 0.6) is 0 Å². The highest BCUT2D eigenvalue weighted by atomic mass is 127. The summed E-state index contributed by atoms with van der Waals surface area (Å²) in [7, 11) is 0. The first-order chi connectivity index (χ1) is 12.0. The highest BCUT2D eigenvalue weighted by Gasteiger charge is 2.35. The minimum atomic E-state index is 0. The van der Waals surface area contributed by atoms with E-state index < -0.39 is 0 Å². The molecule has 1 aromatic rings. The average Bonchev–Trinajstić information content (AvgIpc) is 3.04. The van der Waals surface area contributed by atoms with Crippen LogP contribution in [0.1, 0.15) is 53.3 Å². The second-order valence-corrected chi connectivity index (χ2v) is 7.67. The number of ether oxygens (including phenoxy) is 1. The van der Waals surface area contributed by atoms with Crippen molar-refractivity contribution in [1.82, 2.24) is 25.4 Å². The zero-order valence-corrected chi connectivity index (χ0v) is 19.1. The number of aryl methyl sites for hydroxylation is 1. The minimum Gasteiger partial charge on any atom is -0.377 e. The molecule has 2 rings (SSSR count). The molecule has 8 heteroatoms. The van der Waals surface area contributed by atoms with Gasteiger partial charge in [-0.3, -0.25) is 0 Å². The smallest absolute Gasteiger partial charge is 0.191 e. The van der Waals surface area contributed by atoms with Gasteiger partial charge in [0, 0.05) is 32.2 Å². The molecular formula is C18H35IN6O. The molecule has 2 atom stereocenters. The van der Waals surface area contributed by atoms with E-state index in [9.17, 15) is 0 Å². The maximum atomic E-state index is 6.07. The number of rotatable bonds is 6. The summed E-state index contributed by atoms with van der Waals surface area (Å²) >= 11 is 0. The summed E-state index contributed by atoms with van der Waals surface area (Å²) in [6, 6.07) is 0. The van der Waals surface area contributed by atoms with Crippen LogP contribution < -0.4 is 10.6 Å². The second-order valence-electron chi connectivity index (χ2n) is 7.67. The van der Waals surface area contributed by atoms with E-state index in [1.165, 1.54) is 6.42 Å². The molecule has 150 valence electrons. The van der Waals surface area contributed by atoms with Crippen LogP contribution in [0.25, 0.3) is 0 Å².